The summed E-state index contributed by atoms with van der Waals surface area (Å²) in [6, 6.07) is 14.4. The maximum atomic E-state index is 13.8. The number of rotatable bonds is 7. The smallest absolute Gasteiger partial charge is 0.338 e. The predicted molar refractivity (Wildman–Crippen MR) is 157 cm³/mol. The Bertz CT molecular complexity index is 1880. The lowest BCUT2D eigenvalue weighted by molar-refractivity contribution is -0.384. The van der Waals surface area contributed by atoms with E-state index in [9.17, 15) is 19.7 Å². The van der Waals surface area contributed by atoms with Crippen LogP contribution < -0.4 is 19.8 Å². The summed E-state index contributed by atoms with van der Waals surface area (Å²) in [7, 11) is 3.86. The minimum absolute atomic E-state index is 0.130. The highest BCUT2D eigenvalue weighted by Gasteiger charge is 2.33. The van der Waals surface area contributed by atoms with E-state index in [1.807, 2.05) is 43.3 Å². The van der Waals surface area contributed by atoms with Gasteiger partial charge in [-0.3, -0.25) is 19.5 Å². The largest absolute Gasteiger partial charge is 0.463 e. The van der Waals surface area contributed by atoms with Crippen molar-refractivity contribution in [3.8, 4) is 11.3 Å². The summed E-state index contributed by atoms with van der Waals surface area (Å²) in [6.45, 7) is 3.65. The molecule has 0 saturated heterocycles. The summed E-state index contributed by atoms with van der Waals surface area (Å²) >= 11 is 7.44. The maximum Gasteiger partial charge on any atom is 0.338 e. The third kappa shape index (κ3) is 5.33. The van der Waals surface area contributed by atoms with E-state index in [0.717, 1.165) is 11.3 Å². The lowest BCUT2D eigenvalue weighted by Crippen LogP contribution is -2.39. The summed E-state index contributed by atoms with van der Waals surface area (Å²) in [5.41, 5.74) is 2.51. The van der Waals surface area contributed by atoms with E-state index in [0.29, 0.717) is 37.7 Å². The number of fused-ring (bicyclic) bond motifs is 1. The Morgan fingerprint density at radius 2 is 1.95 bits per heavy atom. The Hall–Kier alpha value is -4.48. The third-order valence-corrected chi connectivity index (χ3v) is 7.87. The monoisotopic (exact) mass is 592 g/mol. The predicted octanol–water partition coefficient (Wildman–Crippen LogP) is 4.69. The van der Waals surface area contributed by atoms with Gasteiger partial charge in [-0.2, -0.15) is 0 Å². The summed E-state index contributed by atoms with van der Waals surface area (Å²) < 4.78 is 13.1. The number of nitro benzene ring substituents is 1. The van der Waals surface area contributed by atoms with E-state index in [4.69, 9.17) is 20.8 Å². The molecular weight excluding hydrogens is 568 g/mol. The van der Waals surface area contributed by atoms with Gasteiger partial charge in [-0.25, -0.2) is 9.79 Å². The number of ether oxygens (including phenoxy) is 1. The van der Waals surface area contributed by atoms with Crippen LogP contribution in [0.15, 0.2) is 80.1 Å². The molecule has 1 aliphatic heterocycles. The number of hydrogen-bond acceptors (Lipinski definition) is 9. The van der Waals surface area contributed by atoms with Gasteiger partial charge in [0.25, 0.3) is 11.2 Å². The second-order valence-electron chi connectivity index (χ2n) is 9.41. The number of carbonyl (C=O) groups is 1. The van der Waals surface area contributed by atoms with Crippen LogP contribution in [0.3, 0.4) is 0 Å². The Morgan fingerprint density at radius 1 is 1.22 bits per heavy atom. The maximum absolute atomic E-state index is 13.8. The number of esters is 1. The number of aromatic nitrogens is 1. The fourth-order valence-corrected chi connectivity index (χ4v) is 5.88. The molecule has 0 saturated carbocycles. The minimum atomic E-state index is -0.727. The third-order valence-electron chi connectivity index (χ3n) is 6.57. The summed E-state index contributed by atoms with van der Waals surface area (Å²) in [6.07, 6.45) is 1.60. The molecule has 2 aromatic heterocycles. The lowest BCUT2D eigenvalue weighted by Gasteiger charge is -2.25. The SMILES string of the molecule is CCOC(=O)C1=C(C)N=c2s/c(=C/c3ccc(-c4ccc([N+](=O)[O-])cc4Cl)o3)c(=O)n2[C@@H]1c1ccc(N(C)C)cc1. The molecule has 210 valence electrons. The molecule has 0 radical (unpaired) electrons. The number of halogens is 1. The van der Waals surface area contributed by atoms with Crippen molar-refractivity contribution in [3.05, 3.63) is 112 Å². The van der Waals surface area contributed by atoms with Gasteiger partial charge in [-0.15, -0.1) is 0 Å². The second kappa shape index (κ2) is 11.2. The van der Waals surface area contributed by atoms with Crippen LogP contribution in [0.25, 0.3) is 17.4 Å². The summed E-state index contributed by atoms with van der Waals surface area (Å²) in [5, 5.41) is 11.2. The molecular formula is C29H25ClN4O6S. The van der Waals surface area contributed by atoms with Crippen molar-refractivity contribution in [2.45, 2.75) is 19.9 Å². The summed E-state index contributed by atoms with van der Waals surface area (Å²) in [5.74, 6) is 0.247. The van der Waals surface area contributed by atoms with E-state index in [1.165, 1.54) is 34.1 Å². The second-order valence-corrected chi connectivity index (χ2v) is 10.8. The van der Waals surface area contributed by atoms with Gasteiger partial charge in [0, 0.05) is 43.6 Å². The Labute approximate surface area is 243 Å². The molecule has 0 spiro atoms. The van der Waals surface area contributed by atoms with Crippen LogP contribution in [-0.2, 0) is 9.53 Å². The first-order chi connectivity index (χ1) is 19.6. The van der Waals surface area contributed by atoms with Crippen molar-refractivity contribution in [1.29, 1.82) is 0 Å². The number of benzene rings is 2. The molecule has 5 rings (SSSR count). The lowest BCUT2D eigenvalue weighted by atomic mass is 9.95. The highest BCUT2D eigenvalue weighted by atomic mass is 35.5. The molecule has 2 aromatic carbocycles. The number of anilines is 1. The van der Waals surface area contributed by atoms with Crippen LogP contribution in [0.4, 0.5) is 11.4 Å². The van der Waals surface area contributed by atoms with Gasteiger partial charge < -0.3 is 14.1 Å². The molecule has 12 heteroatoms. The first-order valence-electron chi connectivity index (χ1n) is 12.6. The van der Waals surface area contributed by atoms with Crippen molar-refractivity contribution in [3.63, 3.8) is 0 Å². The van der Waals surface area contributed by atoms with Gasteiger partial charge in [0.15, 0.2) is 4.80 Å². The molecule has 0 aliphatic carbocycles. The highest BCUT2D eigenvalue weighted by molar-refractivity contribution is 7.07. The molecule has 0 fully saturated rings. The number of nitro groups is 1. The van der Waals surface area contributed by atoms with Gasteiger partial charge in [-0.1, -0.05) is 35.1 Å². The van der Waals surface area contributed by atoms with Crippen LogP contribution in [-0.4, -0.2) is 36.2 Å². The zero-order chi connectivity index (χ0) is 29.4. The zero-order valence-electron chi connectivity index (χ0n) is 22.6. The standard InChI is InChI=1S/C29H25ClN4O6S/c1-5-39-28(36)25-16(2)31-29-33(26(25)17-6-8-18(9-7-17)32(3)4)27(35)24(41-29)15-20-11-13-23(40-20)21-12-10-19(34(37)38)14-22(21)30/h6-15,26H,5H2,1-4H3/b24-15+/t26-/m1/s1. The molecule has 1 aliphatic rings. The molecule has 0 unspecified atom stereocenters. The molecule has 0 N–H and O–H groups in total. The van der Waals surface area contributed by atoms with Gasteiger partial charge >= 0.3 is 5.97 Å². The van der Waals surface area contributed by atoms with Gasteiger partial charge in [0.2, 0.25) is 0 Å². The highest BCUT2D eigenvalue weighted by Crippen LogP contribution is 2.33. The topological polar surface area (TPSA) is 120 Å². The number of nitrogens with zero attached hydrogens (tertiary/aromatic N) is 4. The number of non-ortho nitro benzene ring substituents is 1. The minimum Gasteiger partial charge on any atom is -0.463 e. The first kappa shape index (κ1) is 28.1. The average molecular weight is 593 g/mol. The van der Waals surface area contributed by atoms with Crippen molar-refractivity contribution < 1.29 is 18.9 Å². The molecule has 1 atom stereocenters. The van der Waals surface area contributed by atoms with Gasteiger partial charge in [0.05, 0.1) is 38.4 Å². The molecule has 3 heterocycles. The van der Waals surface area contributed by atoms with Crippen LogP contribution in [0.2, 0.25) is 5.02 Å². The number of furan rings is 1. The van der Waals surface area contributed by atoms with E-state index >= 15 is 0 Å². The van der Waals surface area contributed by atoms with Crippen LogP contribution >= 0.6 is 22.9 Å². The summed E-state index contributed by atoms with van der Waals surface area (Å²) in [4.78, 5) is 44.4. The average Bonchev–Trinajstić information content (AvgIpc) is 3.52. The Kier molecular flexibility index (Phi) is 7.65. The Morgan fingerprint density at radius 3 is 2.59 bits per heavy atom. The van der Waals surface area contributed by atoms with Crippen molar-refractivity contribution >= 4 is 46.4 Å². The van der Waals surface area contributed by atoms with E-state index < -0.39 is 16.9 Å². The van der Waals surface area contributed by atoms with Crippen molar-refractivity contribution in [1.82, 2.24) is 4.57 Å². The van der Waals surface area contributed by atoms with Crippen LogP contribution in [0, 0.1) is 10.1 Å². The van der Waals surface area contributed by atoms with Crippen molar-refractivity contribution in [2.24, 2.45) is 4.99 Å². The van der Waals surface area contributed by atoms with E-state index in [2.05, 4.69) is 4.99 Å². The van der Waals surface area contributed by atoms with Crippen molar-refractivity contribution in [2.75, 3.05) is 25.6 Å². The van der Waals surface area contributed by atoms with E-state index in [-0.39, 0.29) is 22.9 Å². The number of carbonyl (C=O) groups excluding carboxylic acids is 1. The first-order valence-corrected chi connectivity index (χ1v) is 13.8. The fourth-order valence-electron chi connectivity index (χ4n) is 4.58. The van der Waals surface area contributed by atoms with Gasteiger partial charge in [-0.05, 0) is 49.7 Å². The van der Waals surface area contributed by atoms with Crippen LogP contribution in [0.5, 0.6) is 0 Å². The fraction of sp³-hybridized carbons (Fsp3) is 0.207. The number of hydrogen-bond donors (Lipinski definition) is 0. The Balaban J connectivity index is 1.60. The van der Waals surface area contributed by atoms with E-state index in [1.54, 1.807) is 32.1 Å². The number of thiazole rings is 1. The molecule has 41 heavy (non-hydrogen) atoms. The zero-order valence-corrected chi connectivity index (χ0v) is 24.2. The van der Waals surface area contributed by atoms with Crippen LogP contribution in [0.1, 0.15) is 31.2 Å². The molecule has 4 aromatic rings. The molecule has 10 nitrogen and oxygen atoms in total. The molecule has 0 amide bonds. The molecule has 0 bridgehead atoms. The normalized spacial score (nSPS) is 15.0. The van der Waals surface area contributed by atoms with Gasteiger partial charge in [0.1, 0.15) is 11.5 Å². The quantitative estimate of drug-likeness (QED) is 0.173. The number of allylic oxidation sites excluding steroid dienone is 1.